The molecule has 0 radical (unpaired) electrons. The highest BCUT2D eigenvalue weighted by atomic mass is 127. The molecule has 1 saturated carbocycles. The number of anilines is 1. The third-order valence-corrected chi connectivity index (χ3v) is 3.95. The Kier molecular flexibility index (Phi) is 2.74. The van der Waals surface area contributed by atoms with Gasteiger partial charge in [0.2, 0.25) is 0 Å². The van der Waals surface area contributed by atoms with Gasteiger partial charge in [0.15, 0.2) is 0 Å². The molecule has 0 aliphatic heterocycles. The Morgan fingerprint density at radius 2 is 1.82 bits per heavy atom. The van der Waals surface area contributed by atoms with Crippen LogP contribution in [0.1, 0.15) is 24.6 Å². The van der Waals surface area contributed by atoms with Crippen LogP contribution in [-0.4, -0.2) is 9.97 Å². The Balaban J connectivity index is 2.14. The summed E-state index contributed by atoms with van der Waals surface area (Å²) in [6.45, 7) is 0. The van der Waals surface area contributed by atoms with Crippen molar-refractivity contribution in [3.8, 4) is 11.3 Å². The van der Waals surface area contributed by atoms with E-state index in [4.69, 9.17) is 5.73 Å². The van der Waals surface area contributed by atoms with Crippen molar-refractivity contribution in [3.63, 3.8) is 0 Å². The van der Waals surface area contributed by atoms with E-state index in [1.54, 1.807) is 0 Å². The molecule has 0 bridgehead atoms. The van der Waals surface area contributed by atoms with Crippen molar-refractivity contribution in [3.05, 3.63) is 39.7 Å². The minimum atomic E-state index is 0.525. The second-order valence-electron chi connectivity index (χ2n) is 4.27. The van der Waals surface area contributed by atoms with E-state index in [1.165, 1.54) is 12.8 Å². The molecule has 17 heavy (non-hydrogen) atoms. The van der Waals surface area contributed by atoms with E-state index in [0.717, 1.165) is 20.7 Å². The normalized spacial score (nSPS) is 14.9. The van der Waals surface area contributed by atoms with Gasteiger partial charge in [0.1, 0.15) is 11.6 Å². The molecule has 1 aliphatic rings. The monoisotopic (exact) mass is 337 g/mol. The Morgan fingerprint density at radius 1 is 1.12 bits per heavy atom. The summed E-state index contributed by atoms with van der Waals surface area (Å²) >= 11 is 2.22. The lowest BCUT2D eigenvalue weighted by atomic mass is 10.1. The Morgan fingerprint density at radius 3 is 2.47 bits per heavy atom. The fourth-order valence-electron chi connectivity index (χ4n) is 1.79. The smallest absolute Gasteiger partial charge is 0.141 e. The Bertz CT molecular complexity index is 550. The van der Waals surface area contributed by atoms with Crippen molar-refractivity contribution in [2.45, 2.75) is 18.8 Å². The largest absolute Gasteiger partial charge is 0.383 e. The number of rotatable bonds is 2. The third kappa shape index (κ3) is 2.13. The van der Waals surface area contributed by atoms with E-state index in [-0.39, 0.29) is 0 Å². The van der Waals surface area contributed by atoms with Crippen molar-refractivity contribution in [2.24, 2.45) is 0 Å². The number of nitrogens with zero attached hydrogens (tertiary/aromatic N) is 2. The van der Waals surface area contributed by atoms with Crippen LogP contribution in [-0.2, 0) is 0 Å². The average Bonchev–Trinajstić information content (AvgIpc) is 3.18. The number of nitrogens with two attached hydrogens (primary N) is 1. The van der Waals surface area contributed by atoms with E-state index >= 15 is 0 Å². The van der Waals surface area contributed by atoms with Gasteiger partial charge in [-0.2, -0.15) is 0 Å². The maximum absolute atomic E-state index is 5.97. The quantitative estimate of drug-likeness (QED) is 0.857. The fourth-order valence-corrected chi connectivity index (χ4v) is 2.35. The molecule has 1 aliphatic carbocycles. The molecule has 1 aromatic heterocycles. The molecule has 1 aromatic carbocycles. The molecular weight excluding hydrogens is 325 g/mol. The van der Waals surface area contributed by atoms with Crippen LogP contribution in [0.2, 0.25) is 0 Å². The first-order chi connectivity index (χ1) is 8.25. The van der Waals surface area contributed by atoms with Gasteiger partial charge in [-0.3, -0.25) is 0 Å². The highest BCUT2D eigenvalue weighted by molar-refractivity contribution is 14.1. The lowest BCUT2D eigenvalue weighted by Crippen LogP contribution is -2.04. The number of hydrogen-bond donors (Lipinski definition) is 1. The highest BCUT2D eigenvalue weighted by Crippen LogP contribution is 2.40. The third-order valence-electron chi connectivity index (χ3n) is 2.88. The van der Waals surface area contributed by atoms with Gasteiger partial charge in [-0.25, -0.2) is 9.97 Å². The molecule has 0 atom stereocenters. The zero-order valence-electron chi connectivity index (χ0n) is 9.23. The first-order valence-corrected chi connectivity index (χ1v) is 6.72. The number of benzene rings is 1. The van der Waals surface area contributed by atoms with Crippen molar-refractivity contribution in [1.82, 2.24) is 9.97 Å². The average molecular weight is 337 g/mol. The van der Waals surface area contributed by atoms with Gasteiger partial charge < -0.3 is 5.73 Å². The number of halogens is 1. The van der Waals surface area contributed by atoms with E-state index < -0.39 is 0 Å². The number of nitrogen functional groups attached to an aromatic ring is 1. The second kappa shape index (κ2) is 4.25. The van der Waals surface area contributed by atoms with Crippen molar-refractivity contribution < 1.29 is 0 Å². The van der Waals surface area contributed by atoms with Gasteiger partial charge in [-0.15, -0.1) is 0 Å². The van der Waals surface area contributed by atoms with Crippen LogP contribution in [0.15, 0.2) is 30.3 Å². The van der Waals surface area contributed by atoms with Crippen molar-refractivity contribution >= 4 is 28.4 Å². The molecule has 1 heterocycles. The van der Waals surface area contributed by atoms with Crippen LogP contribution in [0.5, 0.6) is 0 Å². The van der Waals surface area contributed by atoms with Crippen LogP contribution in [0.25, 0.3) is 11.3 Å². The lowest BCUT2D eigenvalue weighted by molar-refractivity contribution is 0.931. The van der Waals surface area contributed by atoms with Crippen molar-refractivity contribution in [2.75, 3.05) is 5.73 Å². The first kappa shape index (κ1) is 11.0. The molecular formula is C13H12IN3. The molecule has 1 fully saturated rings. The van der Waals surface area contributed by atoms with E-state index in [1.807, 2.05) is 18.2 Å². The maximum Gasteiger partial charge on any atom is 0.141 e. The van der Waals surface area contributed by atoms with Gasteiger partial charge >= 0.3 is 0 Å². The summed E-state index contributed by atoms with van der Waals surface area (Å²) in [6.07, 6.45) is 2.38. The number of hydrogen-bond acceptors (Lipinski definition) is 3. The molecule has 0 amide bonds. The van der Waals surface area contributed by atoms with Gasteiger partial charge in [-0.1, -0.05) is 30.3 Å². The van der Waals surface area contributed by atoms with Gasteiger partial charge in [0.25, 0.3) is 0 Å². The zero-order valence-corrected chi connectivity index (χ0v) is 11.4. The van der Waals surface area contributed by atoms with Crippen LogP contribution in [0, 0.1) is 3.57 Å². The summed E-state index contributed by atoms with van der Waals surface area (Å²) in [4.78, 5) is 9.05. The fraction of sp³-hybridized carbons (Fsp3) is 0.231. The van der Waals surface area contributed by atoms with Crippen LogP contribution < -0.4 is 5.73 Å². The van der Waals surface area contributed by atoms with Crippen LogP contribution >= 0.6 is 22.6 Å². The standard InChI is InChI=1S/C13H12IN3/c14-10-11(8-4-2-1-3-5-8)16-13(9-6-7-9)17-12(10)15/h1-5,9H,6-7H2,(H2,15,16,17). The van der Waals surface area contributed by atoms with Gasteiger partial charge in [0, 0.05) is 11.5 Å². The molecule has 4 heteroatoms. The minimum Gasteiger partial charge on any atom is -0.383 e. The van der Waals surface area contributed by atoms with Crippen LogP contribution in [0.3, 0.4) is 0 Å². The molecule has 2 aromatic rings. The van der Waals surface area contributed by atoms with Crippen molar-refractivity contribution in [1.29, 1.82) is 0 Å². The van der Waals surface area contributed by atoms with Gasteiger partial charge in [0.05, 0.1) is 9.26 Å². The molecule has 2 N–H and O–H groups in total. The minimum absolute atomic E-state index is 0.525. The van der Waals surface area contributed by atoms with E-state index in [0.29, 0.717) is 11.7 Å². The van der Waals surface area contributed by atoms with E-state index in [9.17, 15) is 0 Å². The molecule has 86 valence electrons. The molecule has 3 rings (SSSR count). The number of aromatic nitrogens is 2. The lowest BCUT2D eigenvalue weighted by Gasteiger charge is -2.08. The highest BCUT2D eigenvalue weighted by Gasteiger charge is 2.28. The Labute approximate surface area is 114 Å². The zero-order chi connectivity index (χ0) is 11.8. The molecule has 0 unspecified atom stereocenters. The van der Waals surface area contributed by atoms with Gasteiger partial charge in [-0.05, 0) is 35.4 Å². The predicted molar refractivity (Wildman–Crippen MR) is 76.6 cm³/mol. The summed E-state index contributed by atoms with van der Waals surface area (Å²) in [5.41, 5.74) is 8.03. The topological polar surface area (TPSA) is 51.8 Å². The summed E-state index contributed by atoms with van der Waals surface area (Å²) in [5, 5.41) is 0. The SMILES string of the molecule is Nc1nc(C2CC2)nc(-c2ccccc2)c1I. The molecule has 0 spiro atoms. The van der Waals surface area contributed by atoms with Crippen LogP contribution in [0.4, 0.5) is 5.82 Å². The summed E-state index contributed by atoms with van der Waals surface area (Å²) < 4.78 is 0.943. The predicted octanol–water partition coefficient (Wildman–Crippen LogP) is 3.21. The molecule has 3 nitrogen and oxygen atoms in total. The summed E-state index contributed by atoms with van der Waals surface area (Å²) in [6, 6.07) is 10.1. The van der Waals surface area contributed by atoms with E-state index in [2.05, 4.69) is 44.7 Å². The molecule has 0 saturated heterocycles. The summed E-state index contributed by atoms with van der Waals surface area (Å²) in [5.74, 6) is 2.03. The second-order valence-corrected chi connectivity index (χ2v) is 5.35. The maximum atomic E-state index is 5.97. The summed E-state index contributed by atoms with van der Waals surface area (Å²) in [7, 11) is 0. The first-order valence-electron chi connectivity index (χ1n) is 5.64. The Hall–Kier alpha value is -1.17.